The van der Waals surface area contributed by atoms with Gasteiger partial charge < -0.3 is 20.5 Å². The van der Waals surface area contributed by atoms with E-state index in [1.165, 1.54) is 0 Å². The maximum Gasteiger partial charge on any atom is 0.199 e. The predicted octanol–water partition coefficient (Wildman–Crippen LogP) is 1.84. The molecule has 3 aromatic heterocycles. The number of imidazole rings is 1. The molecule has 0 atom stereocenters. The molecule has 3 rings (SSSR count). The normalized spacial score (nSPS) is 11.5. The van der Waals surface area contributed by atoms with Gasteiger partial charge in [0.1, 0.15) is 5.52 Å². The van der Waals surface area contributed by atoms with E-state index in [2.05, 4.69) is 51.3 Å². The predicted molar refractivity (Wildman–Crippen MR) is 97.2 cm³/mol. The molecule has 0 radical (unpaired) electrons. The number of fused-ring (bicyclic) bond motifs is 1. The molecule has 134 valence electrons. The van der Waals surface area contributed by atoms with Crippen LogP contribution in [0.5, 0.6) is 0 Å². The minimum Gasteiger partial charge on any atom is -0.381 e. The first-order valence-corrected chi connectivity index (χ1v) is 8.58. The molecular formula is C16H24N8O. The molecule has 0 fully saturated rings. The van der Waals surface area contributed by atoms with Gasteiger partial charge in [0.25, 0.3) is 0 Å². The van der Waals surface area contributed by atoms with Crippen molar-refractivity contribution in [1.82, 2.24) is 29.7 Å². The summed E-state index contributed by atoms with van der Waals surface area (Å²) in [4.78, 5) is 11.3. The van der Waals surface area contributed by atoms with Crippen LogP contribution in [0.4, 0.5) is 11.5 Å². The van der Waals surface area contributed by atoms with Gasteiger partial charge in [-0.3, -0.25) is 4.98 Å². The van der Waals surface area contributed by atoms with Crippen LogP contribution in [-0.4, -0.2) is 55.9 Å². The number of pyridine rings is 1. The minimum atomic E-state index is 0.231. The highest BCUT2D eigenvalue weighted by molar-refractivity contribution is 5.90. The summed E-state index contributed by atoms with van der Waals surface area (Å²) in [5.41, 5.74) is 9.00. The van der Waals surface area contributed by atoms with Gasteiger partial charge in [0.15, 0.2) is 17.3 Å². The van der Waals surface area contributed by atoms with E-state index in [0.717, 1.165) is 42.9 Å². The van der Waals surface area contributed by atoms with Gasteiger partial charge in [-0.15, -0.1) is 0 Å². The number of nitrogens with two attached hydrogens (primary N) is 1. The summed E-state index contributed by atoms with van der Waals surface area (Å²) in [6, 6.07) is 0. The molecule has 0 aliphatic heterocycles. The molecule has 3 aromatic rings. The maximum absolute atomic E-state index is 5.84. The third kappa shape index (κ3) is 3.27. The van der Waals surface area contributed by atoms with Crippen molar-refractivity contribution in [3.8, 4) is 11.5 Å². The number of anilines is 2. The zero-order valence-electron chi connectivity index (χ0n) is 14.9. The second-order valence-corrected chi connectivity index (χ2v) is 5.69. The highest BCUT2D eigenvalue weighted by Gasteiger charge is 2.20. The molecule has 3 N–H and O–H groups in total. The largest absolute Gasteiger partial charge is 0.381 e. The Hall–Kier alpha value is -2.68. The van der Waals surface area contributed by atoms with E-state index in [1.807, 2.05) is 10.8 Å². The Labute approximate surface area is 146 Å². The van der Waals surface area contributed by atoms with Crippen molar-refractivity contribution in [1.29, 1.82) is 0 Å². The lowest BCUT2D eigenvalue weighted by atomic mass is 10.3. The van der Waals surface area contributed by atoms with Crippen LogP contribution in [0.15, 0.2) is 17.0 Å². The molecule has 0 unspecified atom stereocenters. The summed E-state index contributed by atoms with van der Waals surface area (Å²) < 4.78 is 6.77. The summed E-state index contributed by atoms with van der Waals surface area (Å²) >= 11 is 0. The lowest BCUT2D eigenvalue weighted by molar-refractivity contribution is 0.310. The van der Waals surface area contributed by atoms with Crippen LogP contribution in [0.3, 0.4) is 0 Å². The Bertz CT molecular complexity index is 836. The molecule has 0 spiro atoms. The van der Waals surface area contributed by atoms with Gasteiger partial charge >= 0.3 is 0 Å². The molecule has 0 amide bonds. The molecule has 0 saturated heterocycles. The van der Waals surface area contributed by atoms with Crippen molar-refractivity contribution < 1.29 is 4.63 Å². The molecule has 3 heterocycles. The van der Waals surface area contributed by atoms with Gasteiger partial charge in [0.2, 0.25) is 0 Å². The number of likely N-dealkylation sites (N-methyl/N-ethyl adjacent to an activating group) is 1. The number of rotatable bonds is 8. The van der Waals surface area contributed by atoms with Crippen LogP contribution in [0, 0.1) is 0 Å². The number of hydrogen-bond acceptors (Lipinski definition) is 8. The lowest BCUT2D eigenvalue weighted by Gasteiger charge is -2.18. The molecular weight excluding hydrogens is 320 g/mol. The van der Waals surface area contributed by atoms with Gasteiger partial charge in [-0.05, 0) is 30.3 Å². The monoisotopic (exact) mass is 344 g/mol. The number of aromatic nitrogens is 5. The van der Waals surface area contributed by atoms with Gasteiger partial charge in [0, 0.05) is 19.6 Å². The van der Waals surface area contributed by atoms with E-state index < -0.39 is 0 Å². The van der Waals surface area contributed by atoms with E-state index in [1.54, 1.807) is 6.20 Å². The second-order valence-electron chi connectivity index (χ2n) is 5.69. The summed E-state index contributed by atoms with van der Waals surface area (Å²) in [5, 5.41) is 11.0. The zero-order valence-corrected chi connectivity index (χ0v) is 14.9. The molecule has 0 aromatic carbocycles. The number of nitrogens with one attached hydrogen (secondary N) is 1. The van der Waals surface area contributed by atoms with Crippen LogP contribution in [0.2, 0.25) is 0 Å². The van der Waals surface area contributed by atoms with E-state index in [9.17, 15) is 0 Å². The molecule has 25 heavy (non-hydrogen) atoms. The molecule has 0 aliphatic rings. The Morgan fingerprint density at radius 2 is 2.00 bits per heavy atom. The Balaban J connectivity index is 1.95. The maximum atomic E-state index is 5.84. The first-order chi connectivity index (χ1) is 12.2. The fraction of sp³-hybridized carbons (Fsp3) is 0.500. The van der Waals surface area contributed by atoms with E-state index in [-0.39, 0.29) is 5.82 Å². The van der Waals surface area contributed by atoms with Crippen LogP contribution in [0.25, 0.3) is 22.6 Å². The van der Waals surface area contributed by atoms with E-state index >= 15 is 0 Å². The molecule has 0 bridgehead atoms. The quantitative estimate of drug-likeness (QED) is 0.637. The van der Waals surface area contributed by atoms with Crippen LogP contribution >= 0.6 is 0 Å². The fourth-order valence-corrected chi connectivity index (χ4v) is 2.95. The smallest absolute Gasteiger partial charge is 0.199 e. The van der Waals surface area contributed by atoms with E-state index in [0.29, 0.717) is 18.1 Å². The third-order valence-corrected chi connectivity index (χ3v) is 4.33. The van der Waals surface area contributed by atoms with Crippen LogP contribution in [-0.2, 0) is 6.54 Å². The fourth-order valence-electron chi connectivity index (χ4n) is 2.95. The second kappa shape index (κ2) is 7.47. The molecule has 9 heteroatoms. The van der Waals surface area contributed by atoms with Gasteiger partial charge in [0.05, 0.1) is 23.6 Å². The van der Waals surface area contributed by atoms with Gasteiger partial charge in [-0.1, -0.05) is 13.8 Å². The minimum absolute atomic E-state index is 0.231. The van der Waals surface area contributed by atoms with Crippen molar-refractivity contribution in [2.75, 3.05) is 37.2 Å². The highest BCUT2D eigenvalue weighted by Crippen LogP contribution is 2.30. The first-order valence-electron chi connectivity index (χ1n) is 8.58. The van der Waals surface area contributed by atoms with E-state index in [4.69, 9.17) is 10.4 Å². The van der Waals surface area contributed by atoms with Crippen LogP contribution < -0.4 is 11.1 Å². The summed E-state index contributed by atoms with van der Waals surface area (Å²) in [5.74, 6) is 0.866. The van der Waals surface area contributed by atoms with Crippen LogP contribution in [0.1, 0.15) is 20.8 Å². The Kier molecular flexibility index (Phi) is 5.13. The average molecular weight is 344 g/mol. The average Bonchev–Trinajstić information content (AvgIpc) is 3.21. The Morgan fingerprint density at radius 1 is 1.20 bits per heavy atom. The Morgan fingerprint density at radius 3 is 2.64 bits per heavy atom. The SMILES string of the molecule is CCN(CC)CCNc1cncc2nc(-c3nonc3N)n(CC)c12. The van der Waals surface area contributed by atoms with Crippen molar-refractivity contribution in [3.05, 3.63) is 12.4 Å². The summed E-state index contributed by atoms with van der Waals surface area (Å²) in [6.07, 6.45) is 3.57. The number of aryl methyl sites for hydroxylation is 1. The van der Waals surface area contributed by atoms with Gasteiger partial charge in [-0.2, -0.15) is 0 Å². The molecule has 9 nitrogen and oxygen atoms in total. The zero-order chi connectivity index (χ0) is 17.8. The molecule has 0 aliphatic carbocycles. The summed E-state index contributed by atoms with van der Waals surface area (Å²) in [6.45, 7) is 11.0. The number of hydrogen-bond donors (Lipinski definition) is 2. The first kappa shape index (κ1) is 17.2. The lowest BCUT2D eigenvalue weighted by Crippen LogP contribution is -2.28. The van der Waals surface area contributed by atoms with Crippen molar-refractivity contribution in [2.24, 2.45) is 0 Å². The van der Waals surface area contributed by atoms with Gasteiger partial charge in [-0.25, -0.2) is 9.61 Å². The van der Waals surface area contributed by atoms with Crippen molar-refractivity contribution in [3.63, 3.8) is 0 Å². The number of nitrogens with zero attached hydrogens (tertiary/aromatic N) is 6. The van der Waals surface area contributed by atoms with Crippen molar-refractivity contribution in [2.45, 2.75) is 27.3 Å². The topological polar surface area (TPSA) is 111 Å². The highest BCUT2D eigenvalue weighted by atomic mass is 16.6. The molecule has 0 saturated carbocycles. The third-order valence-electron chi connectivity index (χ3n) is 4.33. The summed E-state index contributed by atoms with van der Waals surface area (Å²) in [7, 11) is 0. The number of nitrogen functional groups attached to an aromatic ring is 1. The standard InChI is InChI=1S/C16H24N8O/c1-4-23(5-2)8-7-19-11-9-18-10-12-14(11)24(6-3)16(20-12)13-15(17)22-25-21-13/h9-10,19H,4-8H2,1-3H3,(H2,17,22). The van der Waals surface area contributed by atoms with Crippen molar-refractivity contribution >= 4 is 22.5 Å².